The van der Waals surface area contributed by atoms with Gasteiger partial charge in [0.05, 0.1) is 50.2 Å². The van der Waals surface area contributed by atoms with Gasteiger partial charge in [-0.3, -0.25) is 0 Å². The first kappa shape index (κ1) is 43.9. The van der Waals surface area contributed by atoms with E-state index in [2.05, 4.69) is 310 Å². The van der Waals surface area contributed by atoms with Crippen LogP contribution in [0, 0.1) is 0 Å². The third kappa shape index (κ3) is 6.73. The number of fused-ring (bicyclic) bond motifs is 11. The van der Waals surface area contributed by atoms with E-state index in [1.165, 1.54) is 92.7 Å². The summed E-state index contributed by atoms with van der Waals surface area (Å²) >= 11 is 0. The maximum absolute atomic E-state index is 2.48. The molecule has 4 heteroatoms. The van der Waals surface area contributed by atoms with Gasteiger partial charge in [-0.2, -0.15) is 0 Å². The van der Waals surface area contributed by atoms with Crippen LogP contribution in [0.15, 0.2) is 291 Å². The summed E-state index contributed by atoms with van der Waals surface area (Å²) < 4.78 is 7.21. The summed E-state index contributed by atoms with van der Waals surface area (Å²) in [6.07, 6.45) is 0. The molecule has 0 spiro atoms. The summed E-state index contributed by atoms with van der Waals surface area (Å²) in [5.41, 5.74) is 18.6. The Morgan fingerprint density at radius 2 is 0.590 bits per heavy atom. The molecule has 0 unspecified atom stereocenters. The molecule has 0 saturated heterocycles. The molecule has 0 aliphatic carbocycles. The van der Waals surface area contributed by atoms with Gasteiger partial charge < -0.3 is 18.6 Å². The smallest absolute Gasteiger partial charge is 0.0542 e. The van der Waals surface area contributed by atoms with Gasteiger partial charge in [-0.1, -0.05) is 194 Å². The number of aromatic nitrogens is 3. The molecule has 0 amide bonds. The Hall–Kier alpha value is -10.4. The summed E-state index contributed by atoms with van der Waals surface area (Å²) in [6, 6.07) is 107. The number of rotatable bonds is 8. The first-order valence-corrected chi connectivity index (χ1v) is 26.8. The van der Waals surface area contributed by atoms with Gasteiger partial charge in [-0.25, -0.2) is 0 Å². The van der Waals surface area contributed by atoms with Crippen LogP contribution in [0.5, 0.6) is 0 Å². The van der Waals surface area contributed by atoms with Crippen molar-refractivity contribution in [1.82, 2.24) is 13.7 Å². The molecule has 16 aromatic rings. The van der Waals surface area contributed by atoms with E-state index in [1.54, 1.807) is 0 Å². The maximum atomic E-state index is 2.48. The first-order valence-electron chi connectivity index (χ1n) is 26.8. The Balaban J connectivity index is 0.862. The maximum Gasteiger partial charge on any atom is 0.0542 e. The third-order valence-electron chi connectivity index (χ3n) is 16.2. The molecule has 78 heavy (non-hydrogen) atoms. The number of anilines is 3. The molecule has 0 N–H and O–H groups in total. The van der Waals surface area contributed by atoms with Gasteiger partial charge in [0.15, 0.2) is 0 Å². The molecule has 0 aliphatic heterocycles. The van der Waals surface area contributed by atoms with Crippen molar-refractivity contribution in [3.05, 3.63) is 291 Å². The van der Waals surface area contributed by atoms with Crippen LogP contribution in [0.2, 0.25) is 0 Å². The van der Waals surface area contributed by atoms with Crippen LogP contribution in [0.4, 0.5) is 17.1 Å². The summed E-state index contributed by atoms with van der Waals surface area (Å²) in [4.78, 5) is 2.48. The van der Waals surface area contributed by atoms with Crippen LogP contribution in [0.25, 0.3) is 126 Å². The van der Waals surface area contributed by atoms with Crippen LogP contribution in [-0.4, -0.2) is 13.7 Å². The molecule has 0 bridgehead atoms. The summed E-state index contributed by atoms with van der Waals surface area (Å²) in [7, 11) is 0. The molecule has 0 radical (unpaired) electrons. The van der Waals surface area contributed by atoms with Crippen LogP contribution < -0.4 is 4.90 Å². The molecule has 0 aliphatic rings. The number of nitrogens with zero attached hydrogens (tertiary/aromatic N) is 4. The highest BCUT2D eigenvalue weighted by molar-refractivity contribution is 6.15. The second kappa shape index (κ2) is 17.6. The Bertz CT molecular complexity index is 4910. The molecule has 3 heterocycles. The number of hydrogen-bond acceptors (Lipinski definition) is 1. The number of hydrogen-bond donors (Lipinski definition) is 0. The summed E-state index contributed by atoms with van der Waals surface area (Å²) in [5.74, 6) is 0. The van der Waals surface area contributed by atoms with E-state index >= 15 is 0 Å². The molecular formula is C74H48N4. The monoisotopic (exact) mass is 992 g/mol. The lowest BCUT2D eigenvalue weighted by Crippen LogP contribution is -2.12. The van der Waals surface area contributed by atoms with E-state index in [4.69, 9.17) is 0 Å². The first-order chi connectivity index (χ1) is 38.7. The van der Waals surface area contributed by atoms with Crippen molar-refractivity contribution in [1.29, 1.82) is 0 Å². The van der Waals surface area contributed by atoms with Crippen molar-refractivity contribution < 1.29 is 0 Å². The van der Waals surface area contributed by atoms with Crippen molar-refractivity contribution >= 4 is 104 Å². The average Bonchev–Trinajstić information content (AvgIpc) is 4.35. The van der Waals surface area contributed by atoms with Crippen LogP contribution in [-0.2, 0) is 0 Å². The Morgan fingerprint density at radius 3 is 1.13 bits per heavy atom. The minimum atomic E-state index is 1.07. The third-order valence-corrected chi connectivity index (χ3v) is 16.2. The molecule has 3 aromatic heterocycles. The zero-order valence-electron chi connectivity index (χ0n) is 42.5. The largest absolute Gasteiger partial charge is 0.309 e. The molecule has 0 atom stereocenters. The van der Waals surface area contributed by atoms with Gasteiger partial charge >= 0.3 is 0 Å². The van der Waals surface area contributed by atoms with Crippen molar-refractivity contribution in [2.75, 3.05) is 4.90 Å². The fourth-order valence-electron chi connectivity index (χ4n) is 12.8. The molecule has 0 saturated carbocycles. The Labute approximate surface area is 450 Å². The highest BCUT2D eigenvalue weighted by Gasteiger charge is 2.23. The Morgan fingerprint density at radius 1 is 0.218 bits per heavy atom. The van der Waals surface area contributed by atoms with E-state index in [-0.39, 0.29) is 0 Å². The van der Waals surface area contributed by atoms with Gasteiger partial charge in [0, 0.05) is 65.5 Å². The second-order valence-corrected chi connectivity index (χ2v) is 20.4. The average molecular weight is 993 g/mol. The highest BCUT2D eigenvalue weighted by atomic mass is 15.1. The lowest BCUT2D eigenvalue weighted by Gasteiger charge is -2.29. The zero-order chi connectivity index (χ0) is 51.3. The van der Waals surface area contributed by atoms with Crippen molar-refractivity contribution in [2.24, 2.45) is 0 Å². The van der Waals surface area contributed by atoms with Crippen LogP contribution in [0.3, 0.4) is 0 Å². The molecule has 13 aromatic carbocycles. The van der Waals surface area contributed by atoms with Crippen LogP contribution in [0.1, 0.15) is 0 Å². The minimum Gasteiger partial charge on any atom is -0.309 e. The topological polar surface area (TPSA) is 18.0 Å². The predicted molar refractivity (Wildman–Crippen MR) is 330 cm³/mol. The Kier molecular flexibility index (Phi) is 9.91. The quantitative estimate of drug-likeness (QED) is 0.148. The van der Waals surface area contributed by atoms with Gasteiger partial charge in [-0.05, 0) is 125 Å². The fourth-order valence-corrected chi connectivity index (χ4v) is 12.8. The van der Waals surface area contributed by atoms with Crippen molar-refractivity contribution in [2.45, 2.75) is 0 Å². The standard InChI is InChI=1S/C74H48N4/c1-2-18-52(19-3-1)75-68-31-15-12-28-64(68)65-48-51(38-44-74(65)75)55-43-45-71(57-21-5-4-20-56(55)57)77(72-46-47-73(63-23-7-6-22-62(63)72)78-69-32-16-10-26-60(69)61-27-11-17-33-70(61)78)54-41-36-50(37-42-54)49-34-39-53(40-35-49)76-66-29-13-8-24-58(66)59-25-9-14-30-67(59)76/h1-48H. The molecule has 16 rings (SSSR count). The van der Waals surface area contributed by atoms with Gasteiger partial charge in [0.25, 0.3) is 0 Å². The van der Waals surface area contributed by atoms with E-state index in [1.807, 2.05) is 0 Å². The van der Waals surface area contributed by atoms with E-state index in [0.717, 1.165) is 50.6 Å². The van der Waals surface area contributed by atoms with E-state index in [0.29, 0.717) is 0 Å². The van der Waals surface area contributed by atoms with Gasteiger partial charge in [-0.15, -0.1) is 0 Å². The number of benzene rings is 13. The second-order valence-electron chi connectivity index (χ2n) is 20.4. The van der Waals surface area contributed by atoms with E-state index in [9.17, 15) is 0 Å². The molecule has 364 valence electrons. The SMILES string of the molecule is c1ccc(-n2c3ccccc3c3cc(-c4ccc(N(c5ccc(-c6ccc(-n7c8ccccc8c8ccccc87)cc6)cc5)c5ccc(-n6c7ccccc7c7ccccc76)c6ccccc56)c5ccccc45)ccc32)cc1. The lowest BCUT2D eigenvalue weighted by molar-refractivity contribution is 1.18. The fraction of sp³-hybridized carbons (Fsp3) is 0. The van der Waals surface area contributed by atoms with Crippen LogP contribution >= 0.6 is 0 Å². The van der Waals surface area contributed by atoms with Gasteiger partial charge in [0.2, 0.25) is 0 Å². The molecule has 4 nitrogen and oxygen atoms in total. The van der Waals surface area contributed by atoms with Crippen molar-refractivity contribution in [3.8, 4) is 39.3 Å². The molecule has 0 fully saturated rings. The highest BCUT2D eigenvalue weighted by Crippen LogP contribution is 2.47. The van der Waals surface area contributed by atoms with Gasteiger partial charge in [0.1, 0.15) is 0 Å². The summed E-state index contributed by atoms with van der Waals surface area (Å²) in [5, 5.41) is 12.2. The summed E-state index contributed by atoms with van der Waals surface area (Å²) in [6.45, 7) is 0. The lowest BCUT2D eigenvalue weighted by atomic mass is 9.95. The van der Waals surface area contributed by atoms with Crippen molar-refractivity contribution in [3.63, 3.8) is 0 Å². The molecular weight excluding hydrogens is 945 g/mol. The normalized spacial score (nSPS) is 11.8. The predicted octanol–water partition coefficient (Wildman–Crippen LogP) is 20.1. The zero-order valence-corrected chi connectivity index (χ0v) is 42.5. The van der Waals surface area contributed by atoms with E-state index < -0.39 is 0 Å². The minimum absolute atomic E-state index is 1.07. The number of para-hydroxylation sites is 6.